The third-order valence-electron chi connectivity index (χ3n) is 2.32. The molecule has 0 aliphatic carbocycles. The maximum absolute atomic E-state index is 11.0. The predicted octanol–water partition coefficient (Wildman–Crippen LogP) is 1.69. The van der Waals surface area contributed by atoms with Crippen LogP contribution in [-0.2, 0) is 15.6 Å². The van der Waals surface area contributed by atoms with Crippen molar-refractivity contribution in [3.63, 3.8) is 0 Å². The average Bonchev–Trinajstić information content (AvgIpc) is 2.68. The van der Waals surface area contributed by atoms with E-state index in [4.69, 9.17) is 10.2 Å². The number of benzene rings is 1. The lowest BCUT2D eigenvalue weighted by Crippen LogP contribution is -2.05. The van der Waals surface area contributed by atoms with E-state index in [1.54, 1.807) is 6.07 Å². The number of hydrogen-bond donors (Lipinski definition) is 1. The van der Waals surface area contributed by atoms with E-state index in [0.29, 0.717) is 34.2 Å². The van der Waals surface area contributed by atoms with E-state index in [9.17, 15) is 8.42 Å². The van der Waals surface area contributed by atoms with Crippen molar-refractivity contribution in [1.82, 2.24) is 4.98 Å². The normalized spacial score (nSPS) is 12.1. The number of fused-ring (bicyclic) bond motifs is 1. The van der Waals surface area contributed by atoms with Crippen molar-refractivity contribution in [2.45, 2.75) is 5.75 Å². The third-order valence-corrected chi connectivity index (χ3v) is 4.47. The maximum atomic E-state index is 11.0. The highest BCUT2D eigenvalue weighted by Gasteiger charge is 2.08. The van der Waals surface area contributed by atoms with Gasteiger partial charge in [-0.3, -0.25) is 0 Å². The molecule has 5 nitrogen and oxygen atoms in total. The van der Waals surface area contributed by atoms with Gasteiger partial charge in [0.25, 0.3) is 0 Å². The Morgan fingerprint density at radius 2 is 2.22 bits per heavy atom. The fourth-order valence-corrected chi connectivity index (χ4v) is 3.57. The number of nitrogen functional groups attached to an aromatic ring is 1. The van der Waals surface area contributed by atoms with Gasteiger partial charge in [-0.05, 0) is 12.1 Å². The number of para-hydroxylation sites is 1. The van der Waals surface area contributed by atoms with Gasteiger partial charge in [-0.15, -0.1) is 0 Å². The zero-order valence-electron chi connectivity index (χ0n) is 9.92. The SMILES string of the molecule is CS(=O)(=O)CCSCc1nc2c(N)cccc2o1. The molecule has 2 aromatic rings. The van der Waals surface area contributed by atoms with E-state index in [0.717, 1.165) is 0 Å². The summed E-state index contributed by atoms with van der Waals surface area (Å²) in [5.74, 6) is 1.82. The molecule has 0 fully saturated rings. The zero-order valence-corrected chi connectivity index (χ0v) is 11.6. The van der Waals surface area contributed by atoms with Gasteiger partial charge in [-0.2, -0.15) is 11.8 Å². The minimum Gasteiger partial charge on any atom is -0.440 e. The molecular weight excluding hydrogens is 272 g/mol. The highest BCUT2D eigenvalue weighted by molar-refractivity contribution is 7.99. The van der Waals surface area contributed by atoms with Crippen LogP contribution in [0.2, 0.25) is 0 Å². The minimum absolute atomic E-state index is 0.167. The minimum atomic E-state index is -2.90. The summed E-state index contributed by atoms with van der Waals surface area (Å²) in [5, 5.41) is 0. The Morgan fingerprint density at radius 3 is 2.89 bits per heavy atom. The van der Waals surface area contributed by atoms with Gasteiger partial charge < -0.3 is 10.2 Å². The summed E-state index contributed by atoms with van der Waals surface area (Å²) in [6.07, 6.45) is 1.23. The zero-order chi connectivity index (χ0) is 13.2. The van der Waals surface area contributed by atoms with Gasteiger partial charge in [0.15, 0.2) is 5.58 Å². The van der Waals surface area contributed by atoms with Gasteiger partial charge >= 0.3 is 0 Å². The number of nitrogens with two attached hydrogens (primary N) is 1. The fourth-order valence-electron chi connectivity index (χ4n) is 1.45. The van der Waals surface area contributed by atoms with Crippen LogP contribution in [0.15, 0.2) is 22.6 Å². The number of aromatic nitrogens is 1. The van der Waals surface area contributed by atoms with Gasteiger partial charge in [-0.25, -0.2) is 13.4 Å². The highest BCUT2D eigenvalue weighted by atomic mass is 32.2. The Balaban J connectivity index is 1.98. The molecule has 1 aromatic heterocycles. The van der Waals surface area contributed by atoms with E-state index in [-0.39, 0.29) is 5.75 Å². The Bertz CT molecular complexity index is 649. The van der Waals surface area contributed by atoms with Crippen molar-refractivity contribution in [1.29, 1.82) is 0 Å². The molecule has 0 amide bonds. The lowest BCUT2D eigenvalue weighted by atomic mass is 10.3. The summed E-state index contributed by atoms with van der Waals surface area (Å²) in [6, 6.07) is 5.39. The number of rotatable bonds is 5. The molecule has 0 saturated heterocycles. The summed E-state index contributed by atoms with van der Waals surface area (Å²) in [4.78, 5) is 4.28. The van der Waals surface area contributed by atoms with Crippen LogP contribution in [0.3, 0.4) is 0 Å². The second kappa shape index (κ2) is 5.19. The number of sulfone groups is 1. The third kappa shape index (κ3) is 3.39. The summed E-state index contributed by atoms with van der Waals surface area (Å²) < 4.78 is 27.4. The second-order valence-electron chi connectivity index (χ2n) is 3.98. The smallest absolute Gasteiger partial charge is 0.205 e. The number of thioether (sulfide) groups is 1. The van der Waals surface area contributed by atoms with E-state index in [2.05, 4.69) is 4.98 Å². The lowest BCUT2D eigenvalue weighted by Gasteiger charge is -1.96. The molecule has 0 aliphatic rings. The quantitative estimate of drug-likeness (QED) is 0.665. The first-order chi connectivity index (χ1) is 8.46. The van der Waals surface area contributed by atoms with Crippen molar-refractivity contribution in [2.75, 3.05) is 23.5 Å². The largest absolute Gasteiger partial charge is 0.440 e. The van der Waals surface area contributed by atoms with E-state index in [1.165, 1.54) is 18.0 Å². The number of oxazole rings is 1. The molecule has 0 bridgehead atoms. The highest BCUT2D eigenvalue weighted by Crippen LogP contribution is 2.23. The Hall–Kier alpha value is -1.21. The van der Waals surface area contributed by atoms with E-state index in [1.807, 2.05) is 12.1 Å². The lowest BCUT2D eigenvalue weighted by molar-refractivity contribution is 0.556. The number of hydrogen-bond acceptors (Lipinski definition) is 6. The van der Waals surface area contributed by atoms with Crippen molar-refractivity contribution < 1.29 is 12.8 Å². The van der Waals surface area contributed by atoms with Gasteiger partial charge in [0.1, 0.15) is 15.4 Å². The average molecular weight is 286 g/mol. The van der Waals surface area contributed by atoms with Crippen LogP contribution >= 0.6 is 11.8 Å². The summed E-state index contributed by atoms with van der Waals surface area (Å²) >= 11 is 1.48. The van der Waals surface area contributed by atoms with Crippen molar-refractivity contribution in [3.05, 3.63) is 24.1 Å². The molecule has 2 rings (SSSR count). The van der Waals surface area contributed by atoms with Crippen LogP contribution in [0.5, 0.6) is 0 Å². The van der Waals surface area contributed by atoms with E-state index < -0.39 is 9.84 Å². The molecule has 7 heteroatoms. The summed E-state index contributed by atoms with van der Waals surface area (Å²) in [5.41, 5.74) is 7.68. The summed E-state index contributed by atoms with van der Waals surface area (Å²) in [7, 11) is -2.90. The van der Waals surface area contributed by atoms with Crippen LogP contribution < -0.4 is 5.73 Å². The first-order valence-electron chi connectivity index (χ1n) is 5.35. The van der Waals surface area contributed by atoms with Crippen LogP contribution in [0, 0.1) is 0 Å². The van der Waals surface area contributed by atoms with Crippen LogP contribution in [0.4, 0.5) is 5.69 Å². The molecule has 0 spiro atoms. The molecule has 98 valence electrons. The standard InChI is InChI=1S/C11H14N2O3S2/c1-18(14,15)6-5-17-7-10-13-11-8(12)3-2-4-9(11)16-10/h2-4H,5-7,12H2,1H3. The predicted molar refractivity (Wildman–Crippen MR) is 74.3 cm³/mol. The van der Waals surface area contributed by atoms with Crippen LogP contribution in [0.1, 0.15) is 5.89 Å². The molecule has 0 aliphatic heterocycles. The maximum Gasteiger partial charge on any atom is 0.205 e. The topological polar surface area (TPSA) is 86.2 Å². The van der Waals surface area contributed by atoms with Gasteiger partial charge in [0.2, 0.25) is 5.89 Å². The molecular formula is C11H14N2O3S2. The first-order valence-corrected chi connectivity index (χ1v) is 8.56. The Labute approximate surface area is 110 Å². The molecule has 0 saturated carbocycles. The fraction of sp³-hybridized carbons (Fsp3) is 0.364. The molecule has 0 atom stereocenters. The van der Waals surface area contributed by atoms with Crippen LogP contribution in [-0.4, -0.2) is 31.2 Å². The van der Waals surface area contributed by atoms with Crippen LogP contribution in [0.25, 0.3) is 11.1 Å². The van der Waals surface area contributed by atoms with Crippen molar-refractivity contribution >= 4 is 38.4 Å². The molecule has 0 radical (unpaired) electrons. The van der Waals surface area contributed by atoms with Crippen molar-refractivity contribution in [3.8, 4) is 0 Å². The molecule has 0 unspecified atom stereocenters. The monoisotopic (exact) mass is 286 g/mol. The van der Waals surface area contributed by atoms with Crippen molar-refractivity contribution in [2.24, 2.45) is 0 Å². The first kappa shape index (κ1) is 13.2. The molecule has 18 heavy (non-hydrogen) atoms. The van der Waals surface area contributed by atoms with E-state index >= 15 is 0 Å². The number of nitrogens with zero attached hydrogens (tertiary/aromatic N) is 1. The molecule has 1 heterocycles. The number of anilines is 1. The molecule has 1 aromatic carbocycles. The summed E-state index contributed by atoms with van der Waals surface area (Å²) in [6.45, 7) is 0. The van der Waals surface area contributed by atoms with Gasteiger partial charge in [0.05, 0.1) is 17.2 Å². The van der Waals surface area contributed by atoms with Gasteiger partial charge in [-0.1, -0.05) is 6.07 Å². The second-order valence-corrected chi connectivity index (χ2v) is 7.35. The Kier molecular flexibility index (Phi) is 3.82. The molecule has 2 N–H and O–H groups in total. The van der Waals surface area contributed by atoms with Gasteiger partial charge in [0, 0.05) is 12.0 Å². The Morgan fingerprint density at radius 1 is 1.44 bits per heavy atom.